The molecule has 4 nitrogen and oxygen atoms in total. The number of hydrogen-bond donors (Lipinski definition) is 0. The van der Waals surface area contributed by atoms with Gasteiger partial charge in [0, 0.05) is 22.2 Å². The number of carbonyl (C=O) groups excluding carboxylic acids is 1. The molecule has 0 radical (unpaired) electrons. The summed E-state index contributed by atoms with van der Waals surface area (Å²) in [5, 5.41) is 11.9. The molecule has 0 aliphatic rings. The van der Waals surface area contributed by atoms with Gasteiger partial charge in [-0.2, -0.15) is 5.26 Å². The van der Waals surface area contributed by atoms with E-state index in [0.29, 0.717) is 21.2 Å². The lowest BCUT2D eigenvalue weighted by molar-refractivity contribution is 0.104. The first kappa shape index (κ1) is 14.8. The van der Waals surface area contributed by atoms with Gasteiger partial charge in [-0.3, -0.25) is 9.20 Å². The van der Waals surface area contributed by atoms with Gasteiger partial charge < -0.3 is 0 Å². The number of halogens is 2. The minimum absolute atomic E-state index is 0.0165. The van der Waals surface area contributed by atoms with Gasteiger partial charge in [0.2, 0.25) is 5.78 Å². The predicted octanol–water partition coefficient (Wildman–Crippen LogP) is 4.49. The Morgan fingerprint density at radius 1 is 1.32 bits per heavy atom. The van der Waals surface area contributed by atoms with Crippen LogP contribution in [-0.4, -0.2) is 15.2 Å². The number of fused-ring (bicyclic) bond motifs is 1. The third-order valence-corrected chi connectivity index (χ3v) is 4.29. The number of hydrogen-bond acceptors (Lipinski definition) is 4. The molecule has 0 aliphatic heterocycles. The van der Waals surface area contributed by atoms with E-state index in [2.05, 4.69) is 4.98 Å². The second kappa shape index (κ2) is 5.93. The van der Waals surface area contributed by atoms with E-state index in [1.54, 1.807) is 34.9 Å². The molecule has 0 N–H and O–H groups in total. The number of ketones is 1. The van der Waals surface area contributed by atoms with Crippen LogP contribution >= 0.6 is 34.5 Å². The van der Waals surface area contributed by atoms with Crippen molar-refractivity contribution in [1.29, 1.82) is 5.26 Å². The molecule has 22 heavy (non-hydrogen) atoms. The van der Waals surface area contributed by atoms with Gasteiger partial charge in [-0.1, -0.05) is 23.2 Å². The Morgan fingerprint density at radius 3 is 2.73 bits per heavy atom. The Bertz CT molecular complexity index is 932. The summed E-state index contributed by atoms with van der Waals surface area (Å²) in [4.78, 5) is 17.3. The summed E-state index contributed by atoms with van der Waals surface area (Å²) >= 11 is 13.3. The van der Waals surface area contributed by atoms with Crippen LogP contribution in [0.5, 0.6) is 0 Å². The highest BCUT2D eigenvalue weighted by Crippen LogP contribution is 2.24. The van der Waals surface area contributed by atoms with Gasteiger partial charge in [0.05, 0.1) is 5.69 Å². The Balaban J connectivity index is 2.05. The summed E-state index contributed by atoms with van der Waals surface area (Å²) in [7, 11) is 0. The van der Waals surface area contributed by atoms with Crippen LogP contribution in [0.25, 0.3) is 11.0 Å². The van der Waals surface area contributed by atoms with E-state index in [1.165, 1.54) is 17.4 Å². The van der Waals surface area contributed by atoms with E-state index in [1.807, 2.05) is 11.4 Å². The van der Waals surface area contributed by atoms with Crippen molar-refractivity contribution >= 4 is 51.4 Å². The van der Waals surface area contributed by atoms with Gasteiger partial charge in [0.1, 0.15) is 11.6 Å². The van der Waals surface area contributed by atoms with Crippen LogP contribution in [0.15, 0.2) is 41.4 Å². The molecule has 0 bridgehead atoms. The molecule has 2 aromatic heterocycles. The molecule has 0 aliphatic carbocycles. The number of imidazole rings is 1. The molecular formula is C15H7Cl2N3OS. The maximum atomic E-state index is 12.4. The highest BCUT2D eigenvalue weighted by molar-refractivity contribution is 7.15. The lowest BCUT2D eigenvalue weighted by atomic mass is 10.0. The monoisotopic (exact) mass is 347 g/mol. The molecule has 108 valence electrons. The summed E-state index contributed by atoms with van der Waals surface area (Å²) in [5.41, 5.74) is 0.883. The second-order valence-corrected chi connectivity index (χ2v) is 6.02. The number of benzene rings is 1. The van der Waals surface area contributed by atoms with Crippen molar-refractivity contribution in [2.45, 2.75) is 0 Å². The maximum absolute atomic E-state index is 12.4. The predicted molar refractivity (Wildman–Crippen MR) is 87.5 cm³/mol. The zero-order valence-corrected chi connectivity index (χ0v) is 13.3. The molecule has 2 heterocycles. The van der Waals surface area contributed by atoms with Gasteiger partial charge in [0.25, 0.3) is 0 Å². The van der Waals surface area contributed by atoms with Crippen LogP contribution in [-0.2, 0) is 0 Å². The standard InChI is InChI=1S/C15H7Cl2N3OS/c16-11-3-1-9(2-4-11)13(21)10(8-18)7-12-14(17)19-15-20(12)5-6-22-15/h1-7H/b10-7+. The summed E-state index contributed by atoms with van der Waals surface area (Å²) in [6.45, 7) is 0. The van der Waals surface area contributed by atoms with E-state index in [0.717, 1.165) is 0 Å². The SMILES string of the molecule is N#C/C(=C\c1c(Cl)nc2sccn12)C(=O)c1ccc(Cl)cc1. The van der Waals surface area contributed by atoms with Gasteiger partial charge in [-0.15, -0.1) is 11.3 Å². The number of aromatic nitrogens is 2. The summed E-state index contributed by atoms with van der Waals surface area (Å²) in [6.07, 6.45) is 3.23. The topological polar surface area (TPSA) is 58.2 Å². The van der Waals surface area contributed by atoms with E-state index in [4.69, 9.17) is 23.2 Å². The zero-order chi connectivity index (χ0) is 15.7. The van der Waals surface area contributed by atoms with Gasteiger partial charge in [0.15, 0.2) is 10.1 Å². The number of thiazole rings is 1. The van der Waals surface area contributed by atoms with Crippen LogP contribution in [0.2, 0.25) is 10.2 Å². The van der Waals surface area contributed by atoms with Gasteiger partial charge >= 0.3 is 0 Å². The largest absolute Gasteiger partial charge is 0.289 e. The quantitative estimate of drug-likeness (QED) is 0.398. The van der Waals surface area contributed by atoms with Crippen LogP contribution in [0.1, 0.15) is 16.1 Å². The highest BCUT2D eigenvalue weighted by Gasteiger charge is 2.16. The third kappa shape index (κ3) is 2.64. The number of allylic oxidation sites excluding steroid dienone is 1. The first-order chi connectivity index (χ1) is 10.6. The normalized spacial score (nSPS) is 11.6. The average molecular weight is 348 g/mol. The molecule has 0 unspecified atom stereocenters. The fraction of sp³-hybridized carbons (Fsp3) is 0. The smallest absolute Gasteiger partial charge is 0.203 e. The maximum Gasteiger partial charge on any atom is 0.203 e. The third-order valence-electron chi connectivity index (χ3n) is 3.01. The number of nitriles is 1. The van der Waals surface area contributed by atoms with Crippen LogP contribution in [0.4, 0.5) is 0 Å². The van der Waals surface area contributed by atoms with E-state index >= 15 is 0 Å². The lowest BCUT2D eigenvalue weighted by Crippen LogP contribution is -2.02. The molecule has 3 aromatic rings. The number of Topliss-reactive ketones (excluding diaryl/α,β-unsaturated/α-hetero) is 1. The Hall–Kier alpha value is -2.13. The summed E-state index contributed by atoms with van der Waals surface area (Å²) < 4.78 is 1.74. The van der Waals surface area contributed by atoms with Crippen molar-refractivity contribution in [1.82, 2.24) is 9.38 Å². The summed E-state index contributed by atoms with van der Waals surface area (Å²) in [5.74, 6) is -0.389. The van der Waals surface area contributed by atoms with Crippen molar-refractivity contribution in [3.63, 3.8) is 0 Å². The molecule has 1 aromatic carbocycles. The van der Waals surface area contributed by atoms with Crippen LogP contribution in [0, 0.1) is 11.3 Å². The first-order valence-corrected chi connectivity index (χ1v) is 7.77. The molecule has 0 amide bonds. The molecule has 0 spiro atoms. The van der Waals surface area contributed by atoms with Crippen molar-refractivity contribution in [2.24, 2.45) is 0 Å². The average Bonchev–Trinajstić information content (AvgIpc) is 3.06. The Labute approximate surface area is 139 Å². The van der Waals surface area contributed by atoms with E-state index < -0.39 is 0 Å². The Morgan fingerprint density at radius 2 is 2.05 bits per heavy atom. The molecule has 0 saturated carbocycles. The fourth-order valence-corrected chi connectivity index (χ4v) is 3.07. The molecule has 0 atom stereocenters. The van der Waals surface area contributed by atoms with Gasteiger partial charge in [-0.05, 0) is 30.3 Å². The molecule has 3 rings (SSSR count). The van der Waals surface area contributed by atoms with Crippen LogP contribution < -0.4 is 0 Å². The molecule has 7 heteroatoms. The van der Waals surface area contributed by atoms with Crippen molar-refractivity contribution in [3.8, 4) is 6.07 Å². The molecule has 0 saturated heterocycles. The number of carbonyl (C=O) groups is 1. The number of nitrogens with zero attached hydrogens (tertiary/aromatic N) is 3. The minimum Gasteiger partial charge on any atom is -0.289 e. The fourth-order valence-electron chi connectivity index (χ4n) is 1.95. The molecule has 0 fully saturated rings. The van der Waals surface area contributed by atoms with E-state index in [-0.39, 0.29) is 16.5 Å². The van der Waals surface area contributed by atoms with Crippen molar-refractivity contribution in [3.05, 3.63) is 62.8 Å². The van der Waals surface area contributed by atoms with Gasteiger partial charge in [-0.25, -0.2) is 4.98 Å². The zero-order valence-electron chi connectivity index (χ0n) is 11.0. The minimum atomic E-state index is -0.389. The number of rotatable bonds is 3. The van der Waals surface area contributed by atoms with E-state index in [9.17, 15) is 10.1 Å². The molecular weight excluding hydrogens is 341 g/mol. The summed E-state index contributed by atoms with van der Waals surface area (Å²) in [6, 6.07) is 8.28. The second-order valence-electron chi connectivity index (χ2n) is 4.35. The van der Waals surface area contributed by atoms with Crippen molar-refractivity contribution < 1.29 is 4.79 Å². The first-order valence-electron chi connectivity index (χ1n) is 6.13. The van der Waals surface area contributed by atoms with Crippen LogP contribution in [0.3, 0.4) is 0 Å². The Kier molecular flexibility index (Phi) is 3.99. The lowest BCUT2D eigenvalue weighted by Gasteiger charge is -2.00. The van der Waals surface area contributed by atoms with Crippen molar-refractivity contribution in [2.75, 3.05) is 0 Å². The highest BCUT2D eigenvalue weighted by atomic mass is 35.5.